The zero-order chi connectivity index (χ0) is 17.4. The van der Waals surface area contributed by atoms with E-state index in [1.807, 2.05) is 6.92 Å². The summed E-state index contributed by atoms with van der Waals surface area (Å²) in [6.07, 6.45) is 0.847. The number of carbonyl (C=O) groups excluding carboxylic acids is 1. The first-order valence-corrected chi connectivity index (χ1v) is 7.95. The van der Waals surface area contributed by atoms with Crippen LogP contribution in [0.1, 0.15) is 47.0 Å². The number of rotatable bonds is 10. The second-order valence-electron chi connectivity index (χ2n) is 4.66. The molecule has 0 rings (SSSR count). The molecule has 0 fully saturated rings. The van der Waals surface area contributed by atoms with Crippen molar-refractivity contribution in [2.45, 2.75) is 53.0 Å². The van der Waals surface area contributed by atoms with Crippen LogP contribution in [-0.2, 0) is 9.53 Å². The van der Waals surface area contributed by atoms with Gasteiger partial charge in [0.05, 0.1) is 6.61 Å². The molecule has 7 nitrogen and oxygen atoms in total. The fourth-order valence-corrected chi connectivity index (χ4v) is 1.55. The van der Waals surface area contributed by atoms with Crippen molar-refractivity contribution in [3.8, 4) is 0 Å². The van der Waals surface area contributed by atoms with Crippen molar-refractivity contribution in [3.63, 3.8) is 0 Å². The average Bonchev–Trinajstić information content (AvgIpc) is 2.49. The van der Waals surface area contributed by atoms with Crippen molar-refractivity contribution in [2.24, 2.45) is 0 Å². The van der Waals surface area contributed by atoms with Crippen LogP contribution in [-0.4, -0.2) is 66.1 Å². The Labute approximate surface area is 133 Å². The van der Waals surface area contributed by atoms with E-state index in [0.717, 1.165) is 12.8 Å². The summed E-state index contributed by atoms with van der Waals surface area (Å²) in [6, 6.07) is -1.09. The van der Waals surface area contributed by atoms with E-state index >= 15 is 0 Å². The molecule has 0 heterocycles. The Balaban J connectivity index is 0. The van der Waals surface area contributed by atoms with E-state index in [4.69, 9.17) is 14.9 Å². The minimum atomic E-state index is -1.18. The first-order valence-electron chi connectivity index (χ1n) is 7.95. The second kappa shape index (κ2) is 16.0. The molecule has 1 unspecified atom stereocenters. The zero-order valence-corrected chi connectivity index (χ0v) is 14.3. The first kappa shape index (κ1) is 22.9. The maximum Gasteiger partial charge on any atom is 0.407 e. The predicted molar refractivity (Wildman–Crippen MR) is 86.0 cm³/mol. The monoisotopic (exact) mass is 320 g/mol. The number of amides is 1. The van der Waals surface area contributed by atoms with Gasteiger partial charge >= 0.3 is 12.1 Å². The number of carbonyl (C=O) groups is 2. The molecule has 22 heavy (non-hydrogen) atoms. The minimum absolute atomic E-state index is 0.0296. The molecule has 3 N–H and O–H groups in total. The number of carboxylic acids is 1. The molecule has 7 heteroatoms. The van der Waals surface area contributed by atoms with E-state index in [0.29, 0.717) is 0 Å². The number of unbranched alkanes of at least 4 members (excludes halogenated alkanes) is 1. The number of hydrogen-bond donors (Lipinski definition) is 3. The Morgan fingerprint density at radius 3 is 2.00 bits per heavy atom. The average molecular weight is 320 g/mol. The molecule has 0 saturated carbocycles. The lowest BCUT2D eigenvalue weighted by Crippen LogP contribution is -2.41. The van der Waals surface area contributed by atoms with Crippen molar-refractivity contribution in [1.29, 1.82) is 0 Å². The van der Waals surface area contributed by atoms with Gasteiger partial charge in [0.25, 0.3) is 0 Å². The van der Waals surface area contributed by atoms with E-state index in [9.17, 15) is 9.59 Å². The summed E-state index contributed by atoms with van der Waals surface area (Å²) in [5.41, 5.74) is 0. The number of aliphatic carboxylic acids is 1. The Morgan fingerprint density at radius 2 is 1.68 bits per heavy atom. The number of nitrogens with one attached hydrogen (secondary N) is 1. The van der Waals surface area contributed by atoms with Gasteiger partial charge in [-0.15, -0.1) is 0 Å². The van der Waals surface area contributed by atoms with Gasteiger partial charge in [-0.1, -0.05) is 34.1 Å². The summed E-state index contributed by atoms with van der Waals surface area (Å²) in [5, 5.41) is 19.4. The normalized spacial score (nSPS) is 11.4. The third-order valence-electron chi connectivity index (χ3n) is 3.08. The molecule has 0 aromatic heterocycles. The molecule has 0 aromatic rings. The number of ether oxygens (including phenoxy) is 1. The summed E-state index contributed by atoms with van der Waals surface area (Å²) in [4.78, 5) is 24.0. The number of carboxylic acid groups (broad SMARTS) is 1. The topological polar surface area (TPSA) is 99.1 Å². The predicted octanol–water partition coefficient (Wildman–Crippen LogP) is 1.70. The van der Waals surface area contributed by atoms with Gasteiger partial charge in [-0.05, 0) is 26.1 Å². The van der Waals surface area contributed by atoms with Crippen LogP contribution in [0.4, 0.5) is 4.79 Å². The molecule has 1 atom stereocenters. The summed E-state index contributed by atoms with van der Waals surface area (Å²) >= 11 is 0. The van der Waals surface area contributed by atoms with Crippen molar-refractivity contribution in [1.82, 2.24) is 10.2 Å². The summed E-state index contributed by atoms with van der Waals surface area (Å²) < 4.78 is 4.71. The fraction of sp³-hybridized carbons (Fsp3) is 0.867. The van der Waals surface area contributed by atoms with Gasteiger partial charge in [-0.25, -0.2) is 9.59 Å². The van der Waals surface area contributed by atoms with Crippen molar-refractivity contribution < 1.29 is 24.5 Å². The van der Waals surface area contributed by atoms with Crippen LogP contribution in [0.5, 0.6) is 0 Å². The van der Waals surface area contributed by atoms with Gasteiger partial charge in [0.1, 0.15) is 6.04 Å². The Kier molecular flexibility index (Phi) is 16.7. The van der Waals surface area contributed by atoms with E-state index in [-0.39, 0.29) is 19.6 Å². The van der Waals surface area contributed by atoms with Gasteiger partial charge in [0.15, 0.2) is 0 Å². The molecular weight excluding hydrogens is 288 g/mol. The molecule has 0 aliphatic rings. The van der Waals surface area contributed by atoms with E-state index < -0.39 is 18.1 Å². The van der Waals surface area contributed by atoms with Crippen LogP contribution in [0, 0.1) is 0 Å². The third kappa shape index (κ3) is 13.6. The number of aliphatic hydroxyl groups excluding tert-OH is 1. The van der Waals surface area contributed by atoms with Crippen molar-refractivity contribution in [3.05, 3.63) is 0 Å². The smallest absolute Gasteiger partial charge is 0.407 e. The molecule has 132 valence electrons. The highest BCUT2D eigenvalue weighted by Crippen LogP contribution is 1.94. The van der Waals surface area contributed by atoms with Gasteiger partial charge in [0.2, 0.25) is 0 Å². The molecule has 1 amide bonds. The van der Waals surface area contributed by atoms with Gasteiger partial charge in [-0.3, -0.25) is 0 Å². The van der Waals surface area contributed by atoms with Gasteiger partial charge in [0, 0.05) is 13.0 Å². The fourth-order valence-electron chi connectivity index (χ4n) is 1.55. The van der Waals surface area contributed by atoms with Crippen LogP contribution in [0.15, 0.2) is 0 Å². The molecular formula is C15H32N2O5. The maximum absolute atomic E-state index is 11.0. The van der Waals surface area contributed by atoms with Crippen molar-refractivity contribution >= 4 is 12.1 Å². The lowest BCUT2D eigenvalue weighted by Gasteiger charge is -2.13. The largest absolute Gasteiger partial charge is 0.480 e. The SMILES string of the molecule is CCCCOC(=O)NC(CCO)C(=O)O.CCN(CC)CC. The Morgan fingerprint density at radius 1 is 1.14 bits per heavy atom. The number of nitrogens with zero attached hydrogens (tertiary/aromatic N) is 1. The van der Waals surface area contributed by atoms with Crippen LogP contribution >= 0.6 is 0 Å². The molecule has 0 spiro atoms. The highest BCUT2D eigenvalue weighted by Gasteiger charge is 2.19. The highest BCUT2D eigenvalue weighted by molar-refractivity contribution is 5.79. The summed E-state index contributed by atoms with van der Waals surface area (Å²) in [5.74, 6) is -1.18. The Bertz CT molecular complexity index is 278. The molecule has 0 radical (unpaired) electrons. The van der Waals surface area contributed by atoms with Crippen LogP contribution in [0.2, 0.25) is 0 Å². The van der Waals surface area contributed by atoms with Crippen LogP contribution < -0.4 is 5.32 Å². The van der Waals surface area contributed by atoms with E-state index in [1.165, 1.54) is 19.6 Å². The second-order valence-corrected chi connectivity index (χ2v) is 4.66. The summed E-state index contributed by atoms with van der Waals surface area (Å²) in [6.45, 7) is 12.0. The maximum atomic E-state index is 11.0. The lowest BCUT2D eigenvalue weighted by molar-refractivity contribution is -0.139. The van der Waals surface area contributed by atoms with Crippen LogP contribution in [0.25, 0.3) is 0 Å². The molecule has 0 aliphatic heterocycles. The molecule has 0 bridgehead atoms. The first-order chi connectivity index (χ1) is 10.5. The minimum Gasteiger partial charge on any atom is -0.480 e. The van der Waals surface area contributed by atoms with Crippen molar-refractivity contribution in [2.75, 3.05) is 32.8 Å². The number of aliphatic hydroxyl groups is 1. The zero-order valence-electron chi connectivity index (χ0n) is 14.3. The summed E-state index contributed by atoms with van der Waals surface area (Å²) in [7, 11) is 0. The number of alkyl carbamates (subject to hydrolysis) is 1. The third-order valence-corrected chi connectivity index (χ3v) is 3.08. The molecule has 0 aliphatic carbocycles. The quantitative estimate of drug-likeness (QED) is 0.530. The molecule has 0 aromatic carbocycles. The lowest BCUT2D eigenvalue weighted by atomic mass is 10.2. The highest BCUT2D eigenvalue weighted by atomic mass is 16.5. The van der Waals surface area contributed by atoms with Gasteiger partial charge < -0.3 is 25.2 Å². The number of hydrogen-bond acceptors (Lipinski definition) is 5. The van der Waals surface area contributed by atoms with E-state index in [2.05, 4.69) is 31.0 Å². The van der Waals surface area contributed by atoms with Gasteiger partial charge in [-0.2, -0.15) is 0 Å². The Hall–Kier alpha value is -1.34. The molecule has 0 saturated heterocycles. The standard InChI is InChI=1S/C9H17NO5.C6H15N/c1-2-3-6-15-9(14)10-7(4-5-11)8(12)13;1-4-7(5-2)6-3/h7,11H,2-6H2,1H3,(H,10,14)(H,12,13);4-6H2,1-3H3. The van der Waals surface area contributed by atoms with Crippen LogP contribution in [0.3, 0.4) is 0 Å². The van der Waals surface area contributed by atoms with E-state index in [1.54, 1.807) is 0 Å².